The topological polar surface area (TPSA) is 78.9 Å². The fourth-order valence-corrected chi connectivity index (χ4v) is 9.03. The van der Waals surface area contributed by atoms with Crippen LogP contribution >= 0.6 is 0 Å². The monoisotopic (exact) mass is 931 g/mol. The molecule has 0 saturated carbocycles. The summed E-state index contributed by atoms with van der Waals surface area (Å²) in [7, 11) is 0. The maximum Gasteiger partial charge on any atom is 0.306 e. The van der Waals surface area contributed by atoms with Gasteiger partial charge in [0, 0.05) is 19.3 Å². The van der Waals surface area contributed by atoms with Gasteiger partial charge in [-0.1, -0.05) is 283 Å². The summed E-state index contributed by atoms with van der Waals surface area (Å²) in [5, 5.41) is 0. The van der Waals surface area contributed by atoms with Gasteiger partial charge in [0.05, 0.1) is 0 Å². The summed E-state index contributed by atoms with van der Waals surface area (Å²) in [5.41, 5.74) is 0. The lowest BCUT2D eigenvalue weighted by Gasteiger charge is -2.18. The van der Waals surface area contributed by atoms with Crippen molar-refractivity contribution in [3.63, 3.8) is 0 Å². The number of hydrogen-bond donors (Lipinski definition) is 0. The Morgan fingerprint density at radius 1 is 0.288 bits per heavy atom. The average Bonchev–Trinajstić information content (AvgIpc) is 3.31. The number of ether oxygens (including phenoxy) is 3. The second-order valence-electron chi connectivity index (χ2n) is 20.3. The lowest BCUT2D eigenvalue weighted by atomic mass is 10.0. The highest BCUT2D eigenvalue weighted by molar-refractivity contribution is 5.71. The van der Waals surface area contributed by atoms with E-state index in [2.05, 4.69) is 32.9 Å². The Bertz CT molecular complexity index is 1020. The largest absolute Gasteiger partial charge is 0.462 e. The molecule has 0 rings (SSSR count). The first-order valence-electron chi connectivity index (χ1n) is 29.7. The quantitative estimate of drug-likeness (QED) is 0.0262. The minimum absolute atomic E-state index is 0.0663. The number of esters is 3. The van der Waals surface area contributed by atoms with Crippen LogP contribution in [0.1, 0.15) is 335 Å². The van der Waals surface area contributed by atoms with Crippen molar-refractivity contribution in [2.75, 3.05) is 13.2 Å². The summed E-state index contributed by atoms with van der Waals surface area (Å²) in [6.07, 6.45) is 63.5. The molecule has 0 N–H and O–H groups in total. The van der Waals surface area contributed by atoms with Crippen LogP contribution in [0.25, 0.3) is 0 Å². The van der Waals surface area contributed by atoms with Crippen LogP contribution in [0.4, 0.5) is 0 Å². The molecule has 0 saturated heterocycles. The first-order chi connectivity index (χ1) is 32.5. The molecule has 0 aromatic rings. The van der Waals surface area contributed by atoms with Crippen LogP contribution in [0, 0.1) is 0 Å². The average molecular weight is 932 g/mol. The van der Waals surface area contributed by atoms with Gasteiger partial charge in [-0.15, -0.1) is 0 Å². The third kappa shape index (κ3) is 53.1. The van der Waals surface area contributed by atoms with Gasteiger partial charge in [0.25, 0.3) is 0 Å². The lowest BCUT2D eigenvalue weighted by molar-refractivity contribution is -0.167. The van der Waals surface area contributed by atoms with Crippen LogP contribution < -0.4 is 0 Å². The first-order valence-corrected chi connectivity index (χ1v) is 29.7. The molecule has 0 aromatic carbocycles. The normalized spacial score (nSPS) is 12.0. The summed E-state index contributed by atoms with van der Waals surface area (Å²) >= 11 is 0. The smallest absolute Gasteiger partial charge is 0.306 e. The maximum atomic E-state index is 12.9. The number of rotatable bonds is 55. The maximum absolute atomic E-state index is 12.9. The van der Waals surface area contributed by atoms with Gasteiger partial charge in [-0.25, -0.2) is 0 Å². The number of allylic oxidation sites excluding steroid dienone is 2. The molecule has 0 aliphatic carbocycles. The molecule has 0 aromatic heterocycles. The molecule has 0 radical (unpaired) electrons. The molecule has 0 aliphatic heterocycles. The Hall–Kier alpha value is -1.85. The molecule has 0 fully saturated rings. The molecule has 66 heavy (non-hydrogen) atoms. The third-order valence-electron chi connectivity index (χ3n) is 13.5. The van der Waals surface area contributed by atoms with Crippen LogP contribution in [0.15, 0.2) is 12.2 Å². The lowest BCUT2D eigenvalue weighted by Crippen LogP contribution is -2.30. The first kappa shape index (κ1) is 64.2. The molecule has 0 spiro atoms. The van der Waals surface area contributed by atoms with E-state index in [1.54, 1.807) is 0 Å². The zero-order valence-electron chi connectivity index (χ0n) is 44.7. The van der Waals surface area contributed by atoms with E-state index in [-0.39, 0.29) is 31.1 Å². The van der Waals surface area contributed by atoms with Crippen molar-refractivity contribution >= 4 is 17.9 Å². The van der Waals surface area contributed by atoms with Crippen molar-refractivity contribution < 1.29 is 28.6 Å². The highest BCUT2D eigenvalue weighted by atomic mass is 16.6. The summed E-state index contributed by atoms with van der Waals surface area (Å²) in [4.78, 5) is 38.2. The fraction of sp³-hybridized carbons (Fsp3) is 0.917. The van der Waals surface area contributed by atoms with E-state index in [0.29, 0.717) is 19.3 Å². The standard InChI is InChI=1S/C60H114O6/c1-4-7-10-13-16-19-22-25-27-29-31-32-35-38-41-44-47-50-53-59(62)65-56-57(55-64-58(61)52-49-46-43-40-37-34-24-21-18-15-12-9-6-3)66-60(63)54-51-48-45-42-39-36-33-30-28-26-23-20-17-14-11-8-5-2/h21,24,57H,4-20,22-23,25-56H2,1-3H3/b24-21-. The molecular weight excluding hydrogens is 817 g/mol. The van der Waals surface area contributed by atoms with Gasteiger partial charge in [-0.05, 0) is 44.9 Å². The molecule has 0 heterocycles. The van der Waals surface area contributed by atoms with Crippen molar-refractivity contribution in [2.24, 2.45) is 0 Å². The van der Waals surface area contributed by atoms with Crippen molar-refractivity contribution in [3.05, 3.63) is 12.2 Å². The van der Waals surface area contributed by atoms with Gasteiger partial charge in [-0.2, -0.15) is 0 Å². The molecule has 0 aliphatic rings. The Morgan fingerprint density at radius 3 is 0.773 bits per heavy atom. The molecule has 1 atom stereocenters. The van der Waals surface area contributed by atoms with E-state index in [0.717, 1.165) is 64.2 Å². The van der Waals surface area contributed by atoms with Crippen LogP contribution in [-0.2, 0) is 28.6 Å². The van der Waals surface area contributed by atoms with E-state index in [1.165, 1.54) is 231 Å². The van der Waals surface area contributed by atoms with Gasteiger partial charge in [0.2, 0.25) is 0 Å². The minimum atomic E-state index is -0.767. The zero-order valence-corrected chi connectivity index (χ0v) is 44.7. The summed E-state index contributed by atoms with van der Waals surface area (Å²) < 4.78 is 16.9. The van der Waals surface area contributed by atoms with Crippen molar-refractivity contribution in [2.45, 2.75) is 341 Å². The Kier molecular flexibility index (Phi) is 54.2. The van der Waals surface area contributed by atoms with Crippen molar-refractivity contribution in [1.29, 1.82) is 0 Å². The second-order valence-corrected chi connectivity index (χ2v) is 20.3. The molecule has 390 valence electrons. The summed E-state index contributed by atoms with van der Waals surface area (Å²) in [6.45, 7) is 6.68. The summed E-state index contributed by atoms with van der Waals surface area (Å²) in [5.74, 6) is -0.849. The number of carbonyl (C=O) groups is 3. The van der Waals surface area contributed by atoms with E-state index < -0.39 is 6.10 Å². The summed E-state index contributed by atoms with van der Waals surface area (Å²) in [6, 6.07) is 0. The number of carbonyl (C=O) groups excluding carboxylic acids is 3. The van der Waals surface area contributed by atoms with Crippen LogP contribution in [0.2, 0.25) is 0 Å². The molecule has 1 unspecified atom stereocenters. The minimum Gasteiger partial charge on any atom is -0.462 e. The predicted octanol–water partition coefficient (Wildman–Crippen LogP) is 19.7. The Labute approximate surface area is 411 Å². The SMILES string of the molecule is CCCCCC/C=C\CCCCCCCC(=O)OCC(COC(=O)CCCCCCCCCCCCCCCCCCCC)OC(=O)CCCCCCCCCCCCCCCCCCC. The predicted molar refractivity (Wildman–Crippen MR) is 284 cm³/mol. The third-order valence-corrected chi connectivity index (χ3v) is 13.5. The molecular formula is C60H114O6. The second kappa shape index (κ2) is 55.7. The van der Waals surface area contributed by atoms with Crippen molar-refractivity contribution in [3.8, 4) is 0 Å². The van der Waals surface area contributed by atoms with Gasteiger partial charge in [0.1, 0.15) is 13.2 Å². The highest BCUT2D eigenvalue weighted by Gasteiger charge is 2.19. The molecule has 6 heteroatoms. The van der Waals surface area contributed by atoms with Gasteiger partial charge < -0.3 is 14.2 Å². The van der Waals surface area contributed by atoms with Crippen LogP contribution in [0.3, 0.4) is 0 Å². The van der Waals surface area contributed by atoms with Gasteiger partial charge >= 0.3 is 17.9 Å². The number of unbranched alkanes of at least 4 members (excludes halogenated alkanes) is 42. The van der Waals surface area contributed by atoms with E-state index in [9.17, 15) is 14.4 Å². The van der Waals surface area contributed by atoms with Gasteiger partial charge in [0.15, 0.2) is 6.10 Å². The Balaban J connectivity index is 4.29. The van der Waals surface area contributed by atoms with Gasteiger partial charge in [-0.3, -0.25) is 14.4 Å². The van der Waals surface area contributed by atoms with E-state index in [1.807, 2.05) is 0 Å². The van der Waals surface area contributed by atoms with E-state index >= 15 is 0 Å². The zero-order chi connectivity index (χ0) is 47.9. The van der Waals surface area contributed by atoms with Crippen LogP contribution in [0.5, 0.6) is 0 Å². The van der Waals surface area contributed by atoms with Crippen molar-refractivity contribution in [1.82, 2.24) is 0 Å². The van der Waals surface area contributed by atoms with Crippen LogP contribution in [-0.4, -0.2) is 37.2 Å². The molecule has 6 nitrogen and oxygen atoms in total. The number of hydrogen-bond acceptors (Lipinski definition) is 6. The molecule has 0 amide bonds. The fourth-order valence-electron chi connectivity index (χ4n) is 9.03. The molecule has 0 bridgehead atoms. The van der Waals surface area contributed by atoms with E-state index in [4.69, 9.17) is 14.2 Å². The highest BCUT2D eigenvalue weighted by Crippen LogP contribution is 2.17. The Morgan fingerprint density at radius 2 is 0.500 bits per heavy atom.